The molecular formula is C15H14BrClN2O2. The van der Waals surface area contributed by atoms with Crippen molar-refractivity contribution in [3.8, 4) is 5.75 Å². The van der Waals surface area contributed by atoms with Crippen LogP contribution in [0, 0.1) is 6.92 Å². The zero-order valence-electron chi connectivity index (χ0n) is 11.3. The van der Waals surface area contributed by atoms with E-state index in [-0.39, 0.29) is 12.5 Å². The van der Waals surface area contributed by atoms with E-state index in [1.807, 2.05) is 6.92 Å². The Bertz CT molecular complexity index is 677. The third kappa shape index (κ3) is 4.12. The minimum atomic E-state index is -0.278. The van der Waals surface area contributed by atoms with Gasteiger partial charge in [-0.3, -0.25) is 4.79 Å². The predicted molar refractivity (Wildman–Crippen MR) is 88.9 cm³/mol. The van der Waals surface area contributed by atoms with Crippen LogP contribution in [-0.4, -0.2) is 12.5 Å². The Labute approximate surface area is 136 Å². The zero-order chi connectivity index (χ0) is 15.4. The van der Waals surface area contributed by atoms with Gasteiger partial charge in [-0.1, -0.05) is 33.6 Å². The SMILES string of the molecule is Cc1c(N)cccc1NC(=O)COc1cc(Br)ccc1Cl. The molecule has 0 fully saturated rings. The van der Waals surface area contributed by atoms with Crippen molar-refractivity contribution in [2.75, 3.05) is 17.7 Å². The van der Waals surface area contributed by atoms with E-state index in [1.54, 1.807) is 36.4 Å². The van der Waals surface area contributed by atoms with Crippen molar-refractivity contribution in [3.05, 3.63) is 51.5 Å². The summed E-state index contributed by atoms with van der Waals surface area (Å²) < 4.78 is 6.24. The Morgan fingerprint density at radius 1 is 1.38 bits per heavy atom. The molecule has 0 saturated carbocycles. The molecule has 0 aliphatic carbocycles. The van der Waals surface area contributed by atoms with Crippen molar-refractivity contribution >= 4 is 44.8 Å². The molecule has 21 heavy (non-hydrogen) atoms. The number of ether oxygens (including phenoxy) is 1. The zero-order valence-corrected chi connectivity index (χ0v) is 13.7. The summed E-state index contributed by atoms with van der Waals surface area (Å²) >= 11 is 9.31. The van der Waals surface area contributed by atoms with Gasteiger partial charge in [0.25, 0.3) is 5.91 Å². The predicted octanol–water partition coefficient (Wildman–Crippen LogP) is 4.01. The Kier molecular flexibility index (Phi) is 5.09. The summed E-state index contributed by atoms with van der Waals surface area (Å²) in [5.74, 6) is 0.172. The van der Waals surface area contributed by atoms with Gasteiger partial charge in [0.05, 0.1) is 5.02 Å². The second-order valence-corrected chi connectivity index (χ2v) is 5.75. The van der Waals surface area contributed by atoms with Crippen LogP contribution < -0.4 is 15.8 Å². The van der Waals surface area contributed by atoms with Crippen molar-refractivity contribution < 1.29 is 9.53 Å². The molecule has 110 valence electrons. The normalized spacial score (nSPS) is 10.2. The van der Waals surface area contributed by atoms with Crippen LogP contribution >= 0.6 is 27.5 Å². The first-order chi connectivity index (χ1) is 9.97. The van der Waals surface area contributed by atoms with Crippen molar-refractivity contribution in [3.63, 3.8) is 0 Å². The molecule has 3 N–H and O–H groups in total. The van der Waals surface area contributed by atoms with Crippen LogP contribution in [0.1, 0.15) is 5.56 Å². The molecule has 2 rings (SSSR count). The molecule has 0 saturated heterocycles. The van der Waals surface area contributed by atoms with Gasteiger partial charge in [-0.05, 0) is 42.8 Å². The lowest BCUT2D eigenvalue weighted by molar-refractivity contribution is -0.118. The van der Waals surface area contributed by atoms with Gasteiger partial charge >= 0.3 is 0 Å². The number of hydrogen-bond acceptors (Lipinski definition) is 3. The fraction of sp³-hybridized carbons (Fsp3) is 0.133. The van der Waals surface area contributed by atoms with E-state index in [9.17, 15) is 4.79 Å². The molecule has 2 aromatic carbocycles. The molecule has 6 heteroatoms. The van der Waals surface area contributed by atoms with E-state index in [4.69, 9.17) is 22.1 Å². The van der Waals surface area contributed by atoms with Gasteiger partial charge in [0, 0.05) is 15.8 Å². The van der Waals surface area contributed by atoms with Crippen LogP contribution in [0.2, 0.25) is 5.02 Å². The van der Waals surface area contributed by atoms with Gasteiger partial charge in [-0.25, -0.2) is 0 Å². The quantitative estimate of drug-likeness (QED) is 0.800. The summed E-state index contributed by atoms with van der Waals surface area (Å²) in [6, 6.07) is 10.6. The second kappa shape index (κ2) is 6.83. The van der Waals surface area contributed by atoms with Gasteiger partial charge in [0.2, 0.25) is 0 Å². The van der Waals surface area contributed by atoms with Gasteiger partial charge < -0.3 is 15.8 Å². The highest BCUT2D eigenvalue weighted by Crippen LogP contribution is 2.28. The molecule has 0 aliphatic heterocycles. The molecule has 0 spiro atoms. The summed E-state index contributed by atoms with van der Waals surface area (Å²) in [4.78, 5) is 11.9. The third-order valence-corrected chi connectivity index (χ3v) is 3.71. The molecule has 0 unspecified atom stereocenters. The largest absolute Gasteiger partial charge is 0.482 e. The van der Waals surface area contributed by atoms with Crippen LogP contribution in [0.4, 0.5) is 11.4 Å². The van der Waals surface area contributed by atoms with E-state index in [1.165, 1.54) is 0 Å². The maximum absolute atomic E-state index is 11.9. The van der Waals surface area contributed by atoms with Gasteiger partial charge in [-0.15, -0.1) is 0 Å². The second-order valence-electron chi connectivity index (χ2n) is 4.43. The number of anilines is 2. The van der Waals surface area contributed by atoms with E-state index >= 15 is 0 Å². The van der Waals surface area contributed by atoms with Crippen LogP contribution in [0.5, 0.6) is 5.75 Å². The Morgan fingerprint density at radius 2 is 2.14 bits per heavy atom. The average molecular weight is 370 g/mol. The molecule has 0 heterocycles. The van der Waals surface area contributed by atoms with E-state index < -0.39 is 0 Å². The number of nitrogen functional groups attached to an aromatic ring is 1. The number of nitrogens with one attached hydrogen (secondary N) is 1. The highest BCUT2D eigenvalue weighted by Gasteiger charge is 2.09. The number of carbonyl (C=O) groups excluding carboxylic acids is 1. The van der Waals surface area contributed by atoms with Crippen LogP contribution in [0.3, 0.4) is 0 Å². The number of hydrogen-bond donors (Lipinski definition) is 2. The standard InChI is InChI=1S/C15H14BrClN2O2/c1-9-12(18)3-2-4-13(9)19-15(20)8-21-14-7-10(16)5-6-11(14)17/h2-7H,8,18H2,1H3,(H,19,20). The van der Waals surface area contributed by atoms with Crippen LogP contribution in [0.25, 0.3) is 0 Å². The monoisotopic (exact) mass is 368 g/mol. The highest BCUT2D eigenvalue weighted by atomic mass is 79.9. The first kappa shape index (κ1) is 15.7. The first-order valence-corrected chi connectivity index (χ1v) is 7.37. The lowest BCUT2D eigenvalue weighted by Gasteiger charge is -2.11. The number of amides is 1. The summed E-state index contributed by atoms with van der Waals surface area (Å²) in [5, 5.41) is 3.21. The summed E-state index contributed by atoms with van der Waals surface area (Å²) in [6.45, 7) is 1.71. The summed E-state index contributed by atoms with van der Waals surface area (Å²) in [5.41, 5.74) is 7.92. The number of halogens is 2. The van der Waals surface area contributed by atoms with Gasteiger partial charge in [-0.2, -0.15) is 0 Å². The highest BCUT2D eigenvalue weighted by molar-refractivity contribution is 9.10. The lowest BCUT2D eigenvalue weighted by Crippen LogP contribution is -2.21. The molecule has 2 aromatic rings. The lowest BCUT2D eigenvalue weighted by atomic mass is 10.1. The van der Waals surface area contributed by atoms with E-state index in [0.29, 0.717) is 22.1 Å². The molecule has 0 radical (unpaired) electrons. The maximum Gasteiger partial charge on any atom is 0.262 e. The van der Waals surface area contributed by atoms with Crippen molar-refractivity contribution in [2.45, 2.75) is 6.92 Å². The number of rotatable bonds is 4. The minimum absolute atomic E-state index is 0.135. The maximum atomic E-state index is 11.9. The topological polar surface area (TPSA) is 64.3 Å². The average Bonchev–Trinajstić information content (AvgIpc) is 2.45. The van der Waals surface area contributed by atoms with Crippen molar-refractivity contribution in [1.29, 1.82) is 0 Å². The Balaban J connectivity index is 1.99. The van der Waals surface area contributed by atoms with Crippen LogP contribution in [-0.2, 0) is 4.79 Å². The first-order valence-electron chi connectivity index (χ1n) is 6.20. The number of benzene rings is 2. The van der Waals surface area contributed by atoms with Crippen molar-refractivity contribution in [2.24, 2.45) is 0 Å². The van der Waals surface area contributed by atoms with Gasteiger partial charge in [0.1, 0.15) is 5.75 Å². The molecule has 0 aromatic heterocycles. The third-order valence-electron chi connectivity index (χ3n) is 2.90. The fourth-order valence-electron chi connectivity index (χ4n) is 1.71. The smallest absolute Gasteiger partial charge is 0.262 e. The Hall–Kier alpha value is -1.72. The molecule has 0 bridgehead atoms. The summed E-state index contributed by atoms with van der Waals surface area (Å²) in [7, 11) is 0. The van der Waals surface area contributed by atoms with E-state index in [0.717, 1.165) is 10.0 Å². The van der Waals surface area contributed by atoms with E-state index in [2.05, 4.69) is 21.2 Å². The number of nitrogens with two attached hydrogens (primary N) is 1. The van der Waals surface area contributed by atoms with Gasteiger partial charge in [0.15, 0.2) is 6.61 Å². The molecular weight excluding hydrogens is 356 g/mol. The molecule has 1 amide bonds. The minimum Gasteiger partial charge on any atom is -0.482 e. The van der Waals surface area contributed by atoms with Crippen molar-refractivity contribution in [1.82, 2.24) is 0 Å². The molecule has 0 atom stereocenters. The molecule has 4 nitrogen and oxygen atoms in total. The Morgan fingerprint density at radius 3 is 2.90 bits per heavy atom. The summed E-state index contributed by atoms with van der Waals surface area (Å²) in [6.07, 6.45) is 0. The number of carbonyl (C=O) groups is 1. The fourth-order valence-corrected chi connectivity index (χ4v) is 2.22. The van der Waals surface area contributed by atoms with Crippen LogP contribution in [0.15, 0.2) is 40.9 Å². The molecule has 0 aliphatic rings.